The van der Waals surface area contributed by atoms with Gasteiger partial charge in [0, 0.05) is 23.3 Å². The van der Waals surface area contributed by atoms with Gasteiger partial charge in [0.1, 0.15) is 0 Å². The molecule has 2 aromatic rings. The molecule has 0 bridgehead atoms. The Balaban J connectivity index is 1.80. The Kier molecular flexibility index (Phi) is 4.55. The van der Waals surface area contributed by atoms with Gasteiger partial charge in [-0.1, -0.05) is 54.4 Å². The first-order valence-corrected chi connectivity index (χ1v) is 7.67. The molecule has 0 aromatic heterocycles. The quantitative estimate of drug-likeness (QED) is 0.777. The first kappa shape index (κ1) is 14.9. The van der Waals surface area contributed by atoms with Crippen LogP contribution in [0, 0.1) is 5.92 Å². The smallest absolute Gasteiger partial charge is 0.407 e. The van der Waals surface area contributed by atoms with Crippen molar-refractivity contribution in [2.24, 2.45) is 5.92 Å². The Morgan fingerprint density at radius 3 is 2.05 bits per heavy atom. The zero-order chi connectivity index (χ0) is 14.8. The van der Waals surface area contributed by atoms with E-state index in [0.717, 1.165) is 29.8 Å². The van der Waals surface area contributed by atoms with E-state index >= 15 is 0 Å². The highest BCUT2D eigenvalue weighted by molar-refractivity contribution is 6.61. The lowest BCUT2D eigenvalue weighted by atomic mass is 9.77. The normalized spacial score (nSPS) is 16.2. The van der Waals surface area contributed by atoms with Crippen LogP contribution in [-0.2, 0) is 9.31 Å². The molecule has 1 aliphatic heterocycles. The van der Waals surface area contributed by atoms with Crippen LogP contribution in [0.3, 0.4) is 0 Å². The molecule has 2 aromatic carbocycles. The summed E-state index contributed by atoms with van der Waals surface area (Å²) >= 11 is 12.1. The van der Waals surface area contributed by atoms with Gasteiger partial charge in [-0.25, -0.2) is 0 Å². The van der Waals surface area contributed by atoms with Crippen molar-refractivity contribution in [3.05, 3.63) is 52.5 Å². The summed E-state index contributed by atoms with van der Waals surface area (Å²) in [6.45, 7) is 3.58. The molecular formula is C16H15BCl2O2. The molecule has 0 radical (unpaired) electrons. The third kappa shape index (κ3) is 3.61. The van der Waals surface area contributed by atoms with Gasteiger partial charge in [-0.3, -0.25) is 0 Å². The van der Waals surface area contributed by atoms with Gasteiger partial charge in [-0.2, -0.15) is 0 Å². The molecule has 0 N–H and O–H groups in total. The van der Waals surface area contributed by atoms with Crippen molar-refractivity contribution in [1.82, 2.24) is 0 Å². The molecule has 0 aliphatic carbocycles. The summed E-state index contributed by atoms with van der Waals surface area (Å²) in [5.41, 5.74) is 3.09. The highest BCUT2D eigenvalue weighted by atomic mass is 35.5. The van der Waals surface area contributed by atoms with Crippen molar-refractivity contribution in [3.8, 4) is 11.1 Å². The van der Waals surface area contributed by atoms with E-state index < -0.39 is 0 Å². The van der Waals surface area contributed by atoms with E-state index in [0.29, 0.717) is 16.0 Å². The number of rotatable bonds is 2. The molecule has 0 amide bonds. The maximum atomic E-state index is 6.04. The second kappa shape index (κ2) is 6.41. The van der Waals surface area contributed by atoms with Gasteiger partial charge in [-0.05, 0) is 40.7 Å². The van der Waals surface area contributed by atoms with E-state index in [1.165, 1.54) is 0 Å². The van der Waals surface area contributed by atoms with Crippen molar-refractivity contribution >= 4 is 35.8 Å². The summed E-state index contributed by atoms with van der Waals surface area (Å²) in [6, 6.07) is 13.6. The third-order valence-corrected chi connectivity index (χ3v) is 3.88. The summed E-state index contributed by atoms with van der Waals surface area (Å²) in [4.78, 5) is 0. The van der Waals surface area contributed by atoms with Gasteiger partial charge in [0.15, 0.2) is 0 Å². The van der Waals surface area contributed by atoms with Crippen LogP contribution in [0.15, 0.2) is 42.5 Å². The zero-order valence-corrected chi connectivity index (χ0v) is 13.2. The molecule has 1 fully saturated rings. The summed E-state index contributed by atoms with van der Waals surface area (Å²) in [5, 5.41) is 1.27. The Morgan fingerprint density at radius 2 is 1.48 bits per heavy atom. The van der Waals surface area contributed by atoms with Gasteiger partial charge in [0.2, 0.25) is 0 Å². The van der Waals surface area contributed by atoms with Crippen LogP contribution in [0.25, 0.3) is 11.1 Å². The number of hydrogen-bond acceptors (Lipinski definition) is 2. The molecule has 0 unspecified atom stereocenters. The molecule has 5 heteroatoms. The van der Waals surface area contributed by atoms with Crippen molar-refractivity contribution in [2.75, 3.05) is 13.2 Å². The molecule has 108 valence electrons. The van der Waals surface area contributed by atoms with Gasteiger partial charge >= 0.3 is 7.12 Å². The fourth-order valence-electron chi connectivity index (χ4n) is 2.35. The number of halogens is 2. The van der Waals surface area contributed by atoms with Crippen LogP contribution >= 0.6 is 23.2 Å². The lowest BCUT2D eigenvalue weighted by Gasteiger charge is -2.24. The maximum absolute atomic E-state index is 6.04. The molecule has 3 rings (SSSR count). The number of hydrogen-bond donors (Lipinski definition) is 0. The van der Waals surface area contributed by atoms with Crippen molar-refractivity contribution < 1.29 is 9.31 Å². The van der Waals surface area contributed by atoms with E-state index in [4.69, 9.17) is 32.5 Å². The molecule has 0 saturated carbocycles. The fourth-order valence-corrected chi connectivity index (χ4v) is 2.87. The van der Waals surface area contributed by atoms with Crippen LogP contribution < -0.4 is 5.46 Å². The lowest BCUT2D eigenvalue weighted by Crippen LogP contribution is -2.43. The van der Waals surface area contributed by atoms with Crippen LogP contribution in [-0.4, -0.2) is 20.3 Å². The van der Waals surface area contributed by atoms with E-state index in [9.17, 15) is 0 Å². The largest absolute Gasteiger partial charge is 0.493 e. The summed E-state index contributed by atoms with van der Waals surface area (Å²) in [5.74, 6) is 0.453. The Morgan fingerprint density at radius 1 is 0.905 bits per heavy atom. The average molecular weight is 321 g/mol. The highest BCUT2D eigenvalue weighted by Gasteiger charge is 2.27. The maximum Gasteiger partial charge on any atom is 0.493 e. The minimum absolute atomic E-state index is 0.266. The van der Waals surface area contributed by atoms with Crippen molar-refractivity contribution in [1.29, 1.82) is 0 Å². The molecule has 1 saturated heterocycles. The minimum atomic E-state index is -0.266. The van der Waals surface area contributed by atoms with Crippen LogP contribution in [0.1, 0.15) is 6.92 Å². The van der Waals surface area contributed by atoms with Gasteiger partial charge in [-0.15, -0.1) is 0 Å². The Bertz CT molecular complexity index is 602. The zero-order valence-electron chi connectivity index (χ0n) is 11.7. The SMILES string of the molecule is CC1COB(c2ccc(-c3cc(Cl)cc(Cl)c3)cc2)OC1. The van der Waals surface area contributed by atoms with Crippen LogP contribution in [0.4, 0.5) is 0 Å². The fraction of sp³-hybridized carbons (Fsp3) is 0.250. The minimum Gasteiger partial charge on any atom is -0.407 e. The van der Waals surface area contributed by atoms with E-state index in [1.807, 2.05) is 36.4 Å². The first-order chi connectivity index (χ1) is 10.1. The molecule has 2 nitrogen and oxygen atoms in total. The summed E-state index contributed by atoms with van der Waals surface area (Å²) in [6.07, 6.45) is 0. The van der Waals surface area contributed by atoms with Gasteiger partial charge in [0.25, 0.3) is 0 Å². The van der Waals surface area contributed by atoms with E-state index in [2.05, 4.69) is 6.92 Å². The second-order valence-electron chi connectivity index (χ2n) is 5.38. The molecule has 1 heterocycles. The van der Waals surface area contributed by atoms with Gasteiger partial charge < -0.3 is 9.31 Å². The monoisotopic (exact) mass is 320 g/mol. The molecular weight excluding hydrogens is 306 g/mol. The topological polar surface area (TPSA) is 18.5 Å². The average Bonchev–Trinajstić information content (AvgIpc) is 2.47. The lowest BCUT2D eigenvalue weighted by molar-refractivity contribution is 0.0958. The Hall–Kier alpha value is -0.995. The molecule has 1 aliphatic rings. The standard InChI is InChI=1S/C16H15BCl2O2/c1-11-9-20-17(21-10-11)14-4-2-12(3-5-14)13-6-15(18)8-16(19)7-13/h2-8,11H,9-10H2,1H3. The predicted molar refractivity (Wildman–Crippen MR) is 88.4 cm³/mol. The summed E-state index contributed by atoms with van der Waals surface area (Å²) < 4.78 is 11.4. The van der Waals surface area contributed by atoms with Crippen LogP contribution in [0.2, 0.25) is 10.0 Å². The molecule has 0 atom stereocenters. The Labute approximate surface area is 135 Å². The third-order valence-electron chi connectivity index (χ3n) is 3.44. The van der Waals surface area contributed by atoms with Crippen molar-refractivity contribution in [3.63, 3.8) is 0 Å². The van der Waals surface area contributed by atoms with Gasteiger partial charge in [0.05, 0.1) is 0 Å². The number of benzene rings is 2. The summed E-state index contributed by atoms with van der Waals surface area (Å²) in [7, 11) is -0.266. The molecule has 0 spiro atoms. The van der Waals surface area contributed by atoms with E-state index in [-0.39, 0.29) is 7.12 Å². The predicted octanol–water partition coefficient (Wildman–Crippen LogP) is 4.04. The van der Waals surface area contributed by atoms with Crippen LogP contribution in [0.5, 0.6) is 0 Å². The highest BCUT2D eigenvalue weighted by Crippen LogP contribution is 2.26. The molecule has 21 heavy (non-hydrogen) atoms. The van der Waals surface area contributed by atoms with Crippen molar-refractivity contribution in [2.45, 2.75) is 6.92 Å². The first-order valence-electron chi connectivity index (χ1n) is 6.91. The second-order valence-corrected chi connectivity index (χ2v) is 6.26. The van der Waals surface area contributed by atoms with E-state index in [1.54, 1.807) is 6.07 Å².